The third-order valence-corrected chi connectivity index (χ3v) is 4.36. The number of pyridine rings is 2. The number of nitrogens with zero attached hydrogens (tertiary/aromatic N) is 2. The summed E-state index contributed by atoms with van der Waals surface area (Å²) in [5.74, 6) is -0.108. The maximum absolute atomic E-state index is 13.4. The Bertz CT molecular complexity index is 1100. The van der Waals surface area contributed by atoms with Crippen molar-refractivity contribution in [3.8, 4) is 11.5 Å². The van der Waals surface area contributed by atoms with E-state index in [1.807, 2.05) is 12.1 Å². The molecule has 1 unspecified atom stereocenters. The van der Waals surface area contributed by atoms with E-state index in [-0.39, 0.29) is 23.1 Å². The fourth-order valence-corrected chi connectivity index (χ4v) is 3.02. The maximum Gasteiger partial charge on any atom is 0.169 e. The zero-order chi connectivity index (χ0) is 18.8. The summed E-state index contributed by atoms with van der Waals surface area (Å²) in [6.07, 6.45) is 3.16. The van der Waals surface area contributed by atoms with Crippen LogP contribution in [0.25, 0.3) is 10.9 Å². The van der Waals surface area contributed by atoms with Crippen molar-refractivity contribution < 1.29 is 14.6 Å². The van der Waals surface area contributed by atoms with Crippen LogP contribution in [0.4, 0.5) is 10.2 Å². The molecular weight excluding hydrogens is 345 g/mol. The predicted octanol–water partition coefficient (Wildman–Crippen LogP) is 4.38. The van der Waals surface area contributed by atoms with E-state index in [1.165, 1.54) is 18.2 Å². The standard InChI is InChI=1S/C21H16FN3O2/c22-15-8-5-14(6-9-15)18(25-21-17(26)4-2-12-24-21)16-10-7-13-3-1-11-23-19(13)20(16)27/h1-12,18,26-27H,(H,24,25). The lowest BCUT2D eigenvalue weighted by molar-refractivity contribution is 0.468. The van der Waals surface area contributed by atoms with Gasteiger partial charge in [0.25, 0.3) is 0 Å². The Balaban J connectivity index is 1.86. The number of aromatic nitrogens is 2. The summed E-state index contributed by atoms with van der Waals surface area (Å²) in [7, 11) is 0. The van der Waals surface area contributed by atoms with Crippen LogP contribution in [-0.4, -0.2) is 20.2 Å². The third-order valence-electron chi connectivity index (χ3n) is 4.36. The van der Waals surface area contributed by atoms with E-state index in [2.05, 4.69) is 15.3 Å². The van der Waals surface area contributed by atoms with E-state index in [0.29, 0.717) is 16.6 Å². The molecule has 4 rings (SSSR count). The van der Waals surface area contributed by atoms with Crippen LogP contribution >= 0.6 is 0 Å². The minimum Gasteiger partial charge on any atom is -0.505 e. The largest absolute Gasteiger partial charge is 0.505 e. The molecule has 0 radical (unpaired) electrons. The summed E-state index contributed by atoms with van der Waals surface area (Å²) >= 11 is 0. The van der Waals surface area contributed by atoms with Crippen molar-refractivity contribution in [2.24, 2.45) is 0 Å². The minimum atomic E-state index is -0.571. The highest BCUT2D eigenvalue weighted by molar-refractivity contribution is 5.86. The number of anilines is 1. The predicted molar refractivity (Wildman–Crippen MR) is 101 cm³/mol. The number of nitrogens with one attached hydrogen (secondary N) is 1. The molecule has 6 heteroatoms. The first kappa shape index (κ1) is 16.8. The molecule has 5 nitrogen and oxygen atoms in total. The van der Waals surface area contributed by atoms with Crippen molar-refractivity contribution in [2.75, 3.05) is 5.32 Å². The van der Waals surface area contributed by atoms with Crippen LogP contribution in [0.15, 0.2) is 73.1 Å². The smallest absolute Gasteiger partial charge is 0.169 e. The van der Waals surface area contributed by atoms with Crippen molar-refractivity contribution >= 4 is 16.7 Å². The summed E-state index contributed by atoms with van der Waals surface area (Å²) < 4.78 is 13.4. The van der Waals surface area contributed by atoms with Gasteiger partial charge in [-0.3, -0.25) is 4.98 Å². The van der Waals surface area contributed by atoms with Crippen LogP contribution in [0.2, 0.25) is 0 Å². The summed E-state index contributed by atoms with van der Waals surface area (Å²) in [6, 6.07) is 15.8. The van der Waals surface area contributed by atoms with Gasteiger partial charge in [-0.2, -0.15) is 0 Å². The average Bonchev–Trinajstić information content (AvgIpc) is 2.69. The van der Waals surface area contributed by atoms with Crippen molar-refractivity contribution in [1.29, 1.82) is 0 Å². The molecule has 3 N–H and O–H groups in total. The zero-order valence-corrected chi connectivity index (χ0v) is 14.2. The van der Waals surface area contributed by atoms with Crippen LogP contribution in [0.3, 0.4) is 0 Å². The van der Waals surface area contributed by atoms with E-state index in [0.717, 1.165) is 5.39 Å². The van der Waals surface area contributed by atoms with Gasteiger partial charge >= 0.3 is 0 Å². The average molecular weight is 361 g/mol. The molecule has 0 aliphatic heterocycles. The van der Waals surface area contributed by atoms with Gasteiger partial charge in [0.05, 0.1) is 6.04 Å². The Labute approximate surface area is 154 Å². The van der Waals surface area contributed by atoms with Crippen LogP contribution in [0, 0.1) is 5.82 Å². The van der Waals surface area contributed by atoms with E-state index >= 15 is 0 Å². The number of hydrogen-bond donors (Lipinski definition) is 3. The Kier molecular flexibility index (Phi) is 4.30. The van der Waals surface area contributed by atoms with Crippen LogP contribution in [0.5, 0.6) is 11.5 Å². The lowest BCUT2D eigenvalue weighted by Crippen LogP contribution is -2.14. The van der Waals surface area contributed by atoms with E-state index in [9.17, 15) is 14.6 Å². The van der Waals surface area contributed by atoms with Gasteiger partial charge in [0, 0.05) is 23.3 Å². The molecule has 0 saturated heterocycles. The second-order valence-corrected chi connectivity index (χ2v) is 6.08. The topological polar surface area (TPSA) is 78.3 Å². The molecule has 4 aromatic rings. The summed E-state index contributed by atoms with van der Waals surface area (Å²) in [5, 5.41) is 24.8. The molecule has 0 bridgehead atoms. The van der Waals surface area contributed by atoms with Crippen molar-refractivity contribution in [2.45, 2.75) is 6.04 Å². The number of aromatic hydroxyl groups is 2. The molecule has 0 saturated carbocycles. The number of halogens is 1. The molecule has 1 atom stereocenters. The Morgan fingerprint density at radius 1 is 0.852 bits per heavy atom. The van der Waals surface area contributed by atoms with Gasteiger partial charge in [-0.1, -0.05) is 30.3 Å². The highest BCUT2D eigenvalue weighted by Crippen LogP contribution is 2.37. The SMILES string of the molecule is Oc1cccnc1NC(c1ccc(F)cc1)c1ccc2cccnc2c1O. The van der Waals surface area contributed by atoms with E-state index in [1.54, 1.807) is 42.7 Å². The molecule has 27 heavy (non-hydrogen) atoms. The summed E-state index contributed by atoms with van der Waals surface area (Å²) in [4.78, 5) is 8.40. The van der Waals surface area contributed by atoms with Crippen LogP contribution in [-0.2, 0) is 0 Å². The Morgan fingerprint density at radius 2 is 1.59 bits per heavy atom. The van der Waals surface area contributed by atoms with Gasteiger partial charge in [-0.25, -0.2) is 9.37 Å². The van der Waals surface area contributed by atoms with E-state index < -0.39 is 6.04 Å². The second-order valence-electron chi connectivity index (χ2n) is 6.08. The number of benzene rings is 2. The quantitative estimate of drug-likeness (QED) is 0.503. The normalized spacial score (nSPS) is 12.0. The number of phenolic OH excluding ortho intramolecular Hbond substituents is 1. The number of fused-ring (bicyclic) bond motifs is 1. The molecule has 2 heterocycles. The van der Waals surface area contributed by atoms with Crippen molar-refractivity contribution in [3.05, 3.63) is 90.0 Å². The summed E-state index contributed by atoms with van der Waals surface area (Å²) in [5.41, 5.74) is 1.71. The Hall–Kier alpha value is -3.67. The van der Waals surface area contributed by atoms with Crippen LogP contribution in [0.1, 0.15) is 17.2 Å². The lowest BCUT2D eigenvalue weighted by Gasteiger charge is -2.22. The lowest BCUT2D eigenvalue weighted by atomic mass is 9.96. The molecule has 0 aliphatic rings. The molecule has 0 amide bonds. The molecular formula is C21H16FN3O2. The van der Waals surface area contributed by atoms with Gasteiger partial charge in [0.2, 0.25) is 0 Å². The fourth-order valence-electron chi connectivity index (χ4n) is 3.02. The monoisotopic (exact) mass is 361 g/mol. The first-order valence-corrected chi connectivity index (χ1v) is 8.36. The van der Waals surface area contributed by atoms with Crippen molar-refractivity contribution in [3.63, 3.8) is 0 Å². The minimum absolute atomic E-state index is 0.0188. The van der Waals surface area contributed by atoms with E-state index in [4.69, 9.17) is 0 Å². The van der Waals surface area contributed by atoms with Gasteiger partial charge < -0.3 is 15.5 Å². The fraction of sp³-hybridized carbons (Fsp3) is 0.0476. The highest BCUT2D eigenvalue weighted by atomic mass is 19.1. The Morgan fingerprint density at radius 3 is 2.37 bits per heavy atom. The van der Waals surface area contributed by atoms with Gasteiger partial charge in [0.15, 0.2) is 11.6 Å². The number of phenols is 1. The zero-order valence-electron chi connectivity index (χ0n) is 14.2. The number of hydrogen-bond acceptors (Lipinski definition) is 5. The van der Waals surface area contributed by atoms with Crippen molar-refractivity contribution in [1.82, 2.24) is 9.97 Å². The molecule has 2 aromatic carbocycles. The summed E-state index contributed by atoms with van der Waals surface area (Å²) in [6.45, 7) is 0. The van der Waals surface area contributed by atoms with Gasteiger partial charge in [-0.05, 0) is 35.9 Å². The third kappa shape index (κ3) is 3.25. The maximum atomic E-state index is 13.4. The first-order valence-electron chi connectivity index (χ1n) is 8.36. The molecule has 134 valence electrons. The van der Waals surface area contributed by atoms with Gasteiger partial charge in [-0.15, -0.1) is 0 Å². The van der Waals surface area contributed by atoms with Gasteiger partial charge in [0.1, 0.15) is 17.1 Å². The highest BCUT2D eigenvalue weighted by Gasteiger charge is 2.21. The first-order chi connectivity index (χ1) is 13.1. The molecule has 2 aromatic heterocycles. The van der Waals surface area contributed by atoms with Crippen LogP contribution < -0.4 is 5.32 Å². The number of rotatable bonds is 4. The molecule has 0 aliphatic carbocycles. The molecule has 0 fully saturated rings. The second kappa shape index (κ2) is 6.92. The molecule has 0 spiro atoms.